The van der Waals surface area contributed by atoms with E-state index in [-0.39, 0.29) is 6.04 Å². The fourth-order valence-corrected chi connectivity index (χ4v) is 2.85. The lowest BCUT2D eigenvalue weighted by molar-refractivity contribution is 0.120. The maximum Gasteiger partial charge on any atom is 0.0208 e. The summed E-state index contributed by atoms with van der Waals surface area (Å²) in [5.41, 5.74) is 7.65. The van der Waals surface area contributed by atoms with Crippen LogP contribution in [0.15, 0.2) is 30.3 Å². The van der Waals surface area contributed by atoms with Gasteiger partial charge < -0.3 is 10.6 Å². The Bertz CT molecular complexity index is 385. The van der Waals surface area contributed by atoms with Crippen molar-refractivity contribution in [2.24, 2.45) is 5.73 Å². The number of rotatable bonds is 7. The van der Waals surface area contributed by atoms with Gasteiger partial charge in [0.15, 0.2) is 0 Å². The van der Waals surface area contributed by atoms with Crippen molar-refractivity contribution in [3.8, 4) is 0 Å². The number of nitrogens with zero attached hydrogens (tertiary/aromatic N) is 3. The molecular weight excluding hydrogens is 260 g/mol. The summed E-state index contributed by atoms with van der Waals surface area (Å²) in [5.74, 6) is 0. The molecule has 0 amide bonds. The lowest BCUT2D eigenvalue weighted by atomic mass is 10.1. The maximum atomic E-state index is 6.31. The van der Waals surface area contributed by atoms with Gasteiger partial charge in [-0.05, 0) is 26.1 Å². The highest BCUT2D eigenvalue weighted by Crippen LogP contribution is 2.06. The smallest absolute Gasteiger partial charge is 0.0208 e. The molecule has 118 valence electrons. The Balaban J connectivity index is 1.66. The van der Waals surface area contributed by atoms with Crippen LogP contribution in [0.4, 0.5) is 0 Å². The quantitative estimate of drug-likeness (QED) is 0.803. The van der Waals surface area contributed by atoms with Gasteiger partial charge in [0.25, 0.3) is 0 Å². The van der Waals surface area contributed by atoms with Crippen LogP contribution >= 0.6 is 0 Å². The van der Waals surface area contributed by atoms with Crippen molar-refractivity contribution < 1.29 is 0 Å². The van der Waals surface area contributed by atoms with Crippen LogP contribution in [0.3, 0.4) is 0 Å². The van der Waals surface area contributed by atoms with Crippen LogP contribution in [0.25, 0.3) is 0 Å². The molecule has 0 radical (unpaired) electrons. The molecule has 1 fully saturated rings. The van der Waals surface area contributed by atoms with Crippen molar-refractivity contribution in [2.45, 2.75) is 12.5 Å². The third kappa shape index (κ3) is 6.14. The molecule has 1 aromatic carbocycles. The van der Waals surface area contributed by atoms with Crippen LogP contribution in [0.1, 0.15) is 5.56 Å². The summed E-state index contributed by atoms with van der Waals surface area (Å²) in [4.78, 5) is 7.32. The lowest BCUT2D eigenvalue weighted by Crippen LogP contribution is -2.51. The highest BCUT2D eigenvalue weighted by atomic mass is 15.3. The zero-order valence-electron chi connectivity index (χ0n) is 13.5. The summed E-state index contributed by atoms with van der Waals surface area (Å²) in [7, 11) is 4.28. The van der Waals surface area contributed by atoms with E-state index in [4.69, 9.17) is 5.73 Å². The molecule has 1 atom stereocenters. The number of hydrogen-bond acceptors (Lipinski definition) is 4. The van der Waals surface area contributed by atoms with E-state index in [9.17, 15) is 0 Å². The van der Waals surface area contributed by atoms with Gasteiger partial charge in [0.2, 0.25) is 0 Å². The first-order valence-corrected chi connectivity index (χ1v) is 8.02. The predicted octanol–water partition coefficient (Wildman–Crippen LogP) is 0.736. The van der Waals surface area contributed by atoms with Gasteiger partial charge in [-0.2, -0.15) is 0 Å². The highest BCUT2D eigenvalue weighted by Gasteiger charge is 2.18. The van der Waals surface area contributed by atoms with Crippen molar-refractivity contribution in [2.75, 3.05) is 59.9 Å². The Morgan fingerprint density at radius 1 is 1.05 bits per heavy atom. The SMILES string of the molecule is CN(C)CCN1CCN(CC(N)Cc2ccccc2)CC1. The molecule has 1 saturated heterocycles. The first-order chi connectivity index (χ1) is 10.1. The Morgan fingerprint density at radius 2 is 1.67 bits per heavy atom. The van der Waals surface area contributed by atoms with Crippen LogP contribution in [-0.4, -0.2) is 80.7 Å². The second-order valence-electron chi connectivity index (χ2n) is 6.40. The van der Waals surface area contributed by atoms with Gasteiger partial charge in [-0.25, -0.2) is 0 Å². The normalized spacial score (nSPS) is 19.0. The lowest BCUT2D eigenvalue weighted by Gasteiger charge is -2.36. The molecule has 1 aromatic rings. The van der Waals surface area contributed by atoms with Crippen molar-refractivity contribution in [3.05, 3.63) is 35.9 Å². The first kappa shape index (κ1) is 16.4. The predicted molar refractivity (Wildman–Crippen MR) is 89.6 cm³/mol. The first-order valence-electron chi connectivity index (χ1n) is 8.02. The van der Waals surface area contributed by atoms with E-state index in [2.05, 4.69) is 59.1 Å². The van der Waals surface area contributed by atoms with E-state index in [1.165, 1.54) is 25.2 Å². The molecule has 0 aliphatic carbocycles. The monoisotopic (exact) mass is 290 g/mol. The number of hydrogen-bond donors (Lipinski definition) is 1. The van der Waals surface area contributed by atoms with Crippen LogP contribution in [0.5, 0.6) is 0 Å². The summed E-state index contributed by atoms with van der Waals surface area (Å²) in [6, 6.07) is 10.8. The van der Waals surface area contributed by atoms with E-state index in [0.29, 0.717) is 0 Å². The maximum absolute atomic E-state index is 6.31. The molecule has 0 spiro atoms. The number of piperazine rings is 1. The fraction of sp³-hybridized carbons (Fsp3) is 0.647. The van der Waals surface area contributed by atoms with E-state index in [1.807, 2.05) is 0 Å². The molecule has 21 heavy (non-hydrogen) atoms. The van der Waals surface area contributed by atoms with Gasteiger partial charge in [0.1, 0.15) is 0 Å². The second kappa shape index (κ2) is 8.49. The van der Waals surface area contributed by atoms with Crippen molar-refractivity contribution in [3.63, 3.8) is 0 Å². The molecule has 0 bridgehead atoms. The number of benzene rings is 1. The largest absolute Gasteiger partial charge is 0.326 e. The Labute approximate surface area is 129 Å². The topological polar surface area (TPSA) is 35.7 Å². The van der Waals surface area contributed by atoms with E-state index in [1.54, 1.807) is 0 Å². The average molecular weight is 290 g/mol. The zero-order chi connectivity index (χ0) is 15.1. The number of likely N-dealkylation sites (N-methyl/N-ethyl adjacent to an activating group) is 1. The minimum Gasteiger partial charge on any atom is -0.326 e. The summed E-state index contributed by atoms with van der Waals surface area (Å²) >= 11 is 0. The minimum atomic E-state index is 0.237. The average Bonchev–Trinajstić information content (AvgIpc) is 2.47. The van der Waals surface area contributed by atoms with E-state index in [0.717, 1.165) is 32.6 Å². The minimum absolute atomic E-state index is 0.237. The fourth-order valence-electron chi connectivity index (χ4n) is 2.85. The molecule has 1 aliphatic heterocycles. The van der Waals surface area contributed by atoms with Crippen LogP contribution in [0.2, 0.25) is 0 Å². The molecule has 1 unspecified atom stereocenters. The van der Waals surface area contributed by atoms with Gasteiger partial charge in [0, 0.05) is 51.9 Å². The van der Waals surface area contributed by atoms with Gasteiger partial charge in [0.05, 0.1) is 0 Å². The standard InChI is InChI=1S/C17H30N4/c1-19(2)8-9-20-10-12-21(13-11-20)15-17(18)14-16-6-4-3-5-7-16/h3-7,17H,8-15,18H2,1-2H3. The highest BCUT2D eigenvalue weighted by molar-refractivity contribution is 5.15. The molecule has 1 aliphatic rings. The third-order valence-corrected chi connectivity index (χ3v) is 4.16. The van der Waals surface area contributed by atoms with Crippen molar-refractivity contribution >= 4 is 0 Å². The summed E-state index contributed by atoms with van der Waals surface area (Å²) in [5, 5.41) is 0. The van der Waals surface area contributed by atoms with Crippen molar-refractivity contribution in [1.82, 2.24) is 14.7 Å². The van der Waals surface area contributed by atoms with Crippen LogP contribution < -0.4 is 5.73 Å². The third-order valence-electron chi connectivity index (χ3n) is 4.16. The molecule has 1 heterocycles. The molecule has 4 heteroatoms. The van der Waals surface area contributed by atoms with Gasteiger partial charge in [-0.3, -0.25) is 9.80 Å². The molecular formula is C17H30N4. The van der Waals surface area contributed by atoms with E-state index >= 15 is 0 Å². The Hall–Kier alpha value is -0.940. The molecule has 4 nitrogen and oxygen atoms in total. The molecule has 0 saturated carbocycles. The molecule has 0 aromatic heterocycles. The molecule has 2 rings (SSSR count). The summed E-state index contributed by atoms with van der Waals surface area (Å²) < 4.78 is 0. The van der Waals surface area contributed by atoms with Gasteiger partial charge in [-0.15, -0.1) is 0 Å². The van der Waals surface area contributed by atoms with Crippen LogP contribution in [-0.2, 0) is 6.42 Å². The van der Waals surface area contributed by atoms with Crippen molar-refractivity contribution in [1.29, 1.82) is 0 Å². The Morgan fingerprint density at radius 3 is 2.29 bits per heavy atom. The Kier molecular flexibility index (Phi) is 6.64. The second-order valence-corrected chi connectivity index (χ2v) is 6.40. The summed E-state index contributed by atoms with van der Waals surface area (Å²) in [6.45, 7) is 7.98. The summed E-state index contributed by atoms with van der Waals surface area (Å²) in [6.07, 6.45) is 0.974. The van der Waals surface area contributed by atoms with E-state index < -0.39 is 0 Å². The van der Waals surface area contributed by atoms with Crippen LogP contribution in [0, 0.1) is 0 Å². The zero-order valence-corrected chi connectivity index (χ0v) is 13.5. The number of nitrogens with two attached hydrogens (primary N) is 1. The van der Waals surface area contributed by atoms with Gasteiger partial charge >= 0.3 is 0 Å². The molecule has 2 N–H and O–H groups in total. The van der Waals surface area contributed by atoms with Gasteiger partial charge in [-0.1, -0.05) is 30.3 Å².